The molecule has 0 aromatic carbocycles. The van der Waals surface area contributed by atoms with E-state index in [1.807, 2.05) is 26.2 Å². The summed E-state index contributed by atoms with van der Waals surface area (Å²) < 4.78 is 5.10. The molecule has 6 heteroatoms. The van der Waals surface area contributed by atoms with Crippen molar-refractivity contribution in [3.63, 3.8) is 0 Å². The molecule has 1 atom stereocenters. The Kier molecular flexibility index (Phi) is 4.89. The number of alkyl carbamates (subject to hydrolysis) is 1. The molecule has 1 aromatic rings. The summed E-state index contributed by atoms with van der Waals surface area (Å²) in [4.78, 5) is 15.5. The van der Waals surface area contributed by atoms with Gasteiger partial charge in [0.15, 0.2) is 0 Å². The Hall–Kier alpha value is -1.14. The molecule has 17 heavy (non-hydrogen) atoms. The van der Waals surface area contributed by atoms with Crippen molar-refractivity contribution >= 4 is 17.4 Å². The Balaban J connectivity index is 2.24. The van der Waals surface area contributed by atoms with Crippen LogP contribution >= 0.6 is 11.3 Å². The minimum Gasteiger partial charge on any atom is -0.444 e. The summed E-state index contributed by atoms with van der Waals surface area (Å²) in [6.07, 6.45) is 0.213. The van der Waals surface area contributed by atoms with Gasteiger partial charge in [-0.1, -0.05) is 0 Å². The lowest BCUT2D eigenvalue weighted by Crippen LogP contribution is -2.41. The summed E-state index contributed by atoms with van der Waals surface area (Å²) in [6.45, 7) is 5.85. The number of aromatic nitrogens is 1. The van der Waals surface area contributed by atoms with Gasteiger partial charge in [-0.25, -0.2) is 9.78 Å². The lowest BCUT2D eigenvalue weighted by Gasteiger charge is -2.20. The lowest BCUT2D eigenvalue weighted by molar-refractivity contribution is 0.0524. The quantitative estimate of drug-likeness (QED) is 0.857. The van der Waals surface area contributed by atoms with Gasteiger partial charge in [-0.05, 0) is 20.8 Å². The van der Waals surface area contributed by atoms with E-state index >= 15 is 0 Å². The first-order chi connectivity index (χ1) is 7.87. The fraction of sp³-hybridized carbons (Fsp3) is 0.636. The van der Waals surface area contributed by atoms with E-state index in [0.29, 0.717) is 13.0 Å². The van der Waals surface area contributed by atoms with Crippen LogP contribution in [0, 0.1) is 0 Å². The van der Waals surface area contributed by atoms with Crippen LogP contribution in [-0.4, -0.2) is 29.3 Å². The third-order valence-electron chi connectivity index (χ3n) is 1.86. The number of carbonyl (C=O) groups is 1. The molecular formula is C11H19N3O2S. The van der Waals surface area contributed by atoms with Crippen LogP contribution in [0.1, 0.15) is 26.5 Å². The third kappa shape index (κ3) is 6.23. The Morgan fingerprint density at radius 2 is 2.35 bits per heavy atom. The summed E-state index contributed by atoms with van der Waals surface area (Å²) in [5.74, 6) is 0. The molecule has 0 aliphatic heterocycles. The minimum atomic E-state index is -0.483. The molecule has 1 aromatic heterocycles. The molecule has 5 nitrogen and oxygen atoms in total. The smallest absolute Gasteiger partial charge is 0.407 e. The molecular weight excluding hydrogens is 238 g/mol. The van der Waals surface area contributed by atoms with Crippen LogP contribution in [0.25, 0.3) is 0 Å². The predicted molar refractivity (Wildman–Crippen MR) is 68.0 cm³/mol. The summed E-state index contributed by atoms with van der Waals surface area (Å²) in [5, 5.41) is 4.59. The van der Waals surface area contributed by atoms with Crippen LogP contribution in [-0.2, 0) is 11.2 Å². The molecule has 0 aliphatic rings. The highest BCUT2D eigenvalue weighted by atomic mass is 32.1. The van der Waals surface area contributed by atoms with Gasteiger partial charge < -0.3 is 15.8 Å². The summed E-state index contributed by atoms with van der Waals surface area (Å²) in [7, 11) is 0. The largest absolute Gasteiger partial charge is 0.444 e. The molecule has 0 saturated heterocycles. The first kappa shape index (κ1) is 13.9. The zero-order valence-corrected chi connectivity index (χ0v) is 11.2. The molecule has 0 aliphatic carbocycles. The van der Waals surface area contributed by atoms with E-state index in [1.165, 1.54) is 11.3 Å². The second-order valence-electron chi connectivity index (χ2n) is 4.83. The van der Waals surface area contributed by atoms with Crippen molar-refractivity contribution in [2.24, 2.45) is 5.73 Å². The van der Waals surface area contributed by atoms with E-state index in [4.69, 9.17) is 10.5 Å². The predicted octanol–water partition coefficient (Wildman–Crippen LogP) is 1.54. The minimum absolute atomic E-state index is 0.149. The number of hydrogen-bond donors (Lipinski definition) is 2. The van der Waals surface area contributed by atoms with Crippen molar-refractivity contribution in [3.8, 4) is 0 Å². The second-order valence-corrected chi connectivity index (χ2v) is 5.55. The van der Waals surface area contributed by atoms with E-state index < -0.39 is 11.7 Å². The van der Waals surface area contributed by atoms with Crippen LogP contribution in [0.3, 0.4) is 0 Å². The maximum atomic E-state index is 11.4. The summed E-state index contributed by atoms with van der Waals surface area (Å²) >= 11 is 1.54. The highest BCUT2D eigenvalue weighted by molar-refractivity contribution is 7.07. The molecule has 1 rings (SSSR count). The highest BCUT2D eigenvalue weighted by Crippen LogP contribution is 2.06. The first-order valence-electron chi connectivity index (χ1n) is 5.46. The molecule has 0 fully saturated rings. The number of nitrogens with one attached hydrogen (secondary N) is 1. The molecule has 0 radical (unpaired) electrons. The van der Waals surface area contributed by atoms with Crippen LogP contribution in [0.5, 0.6) is 0 Å². The van der Waals surface area contributed by atoms with Gasteiger partial charge in [-0.2, -0.15) is 0 Å². The number of ether oxygens (including phenoxy) is 1. The van der Waals surface area contributed by atoms with Crippen LogP contribution in [0.15, 0.2) is 10.9 Å². The lowest BCUT2D eigenvalue weighted by atomic mass is 10.2. The van der Waals surface area contributed by atoms with Gasteiger partial charge in [-0.15, -0.1) is 11.3 Å². The third-order valence-corrected chi connectivity index (χ3v) is 2.50. The Labute approximate surface area is 105 Å². The average Bonchev–Trinajstić information content (AvgIpc) is 2.64. The van der Waals surface area contributed by atoms with E-state index in [-0.39, 0.29) is 6.04 Å². The molecule has 1 unspecified atom stereocenters. The fourth-order valence-electron chi connectivity index (χ4n) is 1.21. The molecule has 3 N–H and O–H groups in total. The number of hydrogen-bond acceptors (Lipinski definition) is 5. The van der Waals surface area contributed by atoms with Crippen LogP contribution in [0.4, 0.5) is 4.79 Å². The van der Waals surface area contributed by atoms with Crippen molar-refractivity contribution in [1.29, 1.82) is 0 Å². The molecule has 96 valence electrons. The number of rotatable bonds is 4. The van der Waals surface area contributed by atoms with E-state index in [1.54, 1.807) is 5.51 Å². The maximum absolute atomic E-state index is 11.4. The van der Waals surface area contributed by atoms with E-state index in [2.05, 4.69) is 10.3 Å². The Bertz CT molecular complexity index is 346. The SMILES string of the molecule is CC(C)(C)OC(=O)NCC(N)Cc1cscn1. The molecule has 1 heterocycles. The van der Waals surface area contributed by atoms with Gasteiger partial charge in [0.1, 0.15) is 5.60 Å². The van der Waals surface area contributed by atoms with Gasteiger partial charge in [0.25, 0.3) is 0 Å². The van der Waals surface area contributed by atoms with Crippen LogP contribution < -0.4 is 11.1 Å². The van der Waals surface area contributed by atoms with Crippen molar-refractivity contribution in [2.45, 2.75) is 38.8 Å². The maximum Gasteiger partial charge on any atom is 0.407 e. The van der Waals surface area contributed by atoms with Crippen molar-refractivity contribution in [1.82, 2.24) is 10.3 Å². The molecule has 0 bridgehead atoms. The number of carbonyl (C=O) groups excluding carboxylic acids is 1. The molecule has 1 amide bonds. The average molecular weight is 257 g/mol. The van der Waals surface area contributed by atoms with Crippen LogP contribution in [0.2, 0.25) is 0 Å². The second kappa shape index (κ2) is 5.97. The van der Waals surface area contributed by atoms with E-state index in [9.17, 15) is 4.79 Å². The van der Waals surface area contributed by atoms with Gasteiger partial charge in [0.05, 0.1) is 11.2 Å². The van der Waals surface area contributed by atoms with Gasteiger partial charge in [0, 0.05) is 24.4 Å². The van der Waals surface area contributed by atoms with Crippen molar-refractivity contribution in [2.75, 3.05) is 6.54 Å². The number of thiazole rings is 1. The normalized spacial score (nSPS) is 13.2. The molecule has 0 spiro atoms. The van der Waals surface area contributed by atoms with E-state index in [0.717, 1.165) is 5.69 Å². The van der Waals surface area contributed by atoms with Gasteiger partial charge >= 0.3 is 6.09 Å². The number of nitrogens with two attached hydrogens (primary N) is 1. The Morgan fingerprint density at radius 3 is 2.88 bits per heavy atom. The monoisotopic (exact) mass is 257 g/mol. The van der Waals surface area contributed by atoms with Gasteiger partial charge in [-0.3, -0.25) is 0 Å². The first-order valence-corrected chi connectivity index (χ1v) is 6.40. The highest BCUT2D eigenvalue weighted by Gasteiger charge is 2.16. The number of nitrogens with zero attached hydrogens (tertiary/aromatic N) is 1. The zero-order chi connectivity index (χ0) is 12.9. The topological polar surface area (TPSA) is 77.2 Å². The summed E-state index contributed by atoms with van der Waals surface area (Å²) in [5.41, 5.74) is 8.11. The van der Waals surface area contributed by atoms with Crippen molar-refractivity contribution < 1.29 is 9.53 Å². The standard InChI is InChI=1S/C11H19N3O2S/c1-11(2,3)16-10(15)13-5-8(12)4-9-6-17-7-14-9/h6-8H,4-5,12H2,1-3H3,(H,13,15). The van der Waals surface area contributed by atoms with Crippen molar-refractivity contribution in [3.05, 3.63) is 16.6 Å². The molecule has 0 saturated carbocycles. The summed E-state index contributed by atoms with van der Waals surface area (Å²) in [6, 6.07) is -0.149. The zero-order valence-electron chi connectivity index (χ0n) is 10.4. The fourth-order valence-corrected chi connectivity index (χ4v) is 1.78. The van der Waals surface area contributed by atoms with Gasteiger partial charge in [0.2, 0.25) is 0 Å². The number of amides is 1. The Morgan fingerprint density at radius 1 is 1.65 bits per heavy atom.